The Morgan fingerprint density at radius 2 is 1.67 bits per heavy atom. The van der Waals surface area contributed by atoms with Gasteiger partial charge in [-0.2, -0.15) is 0 Å². The third kappa shape index (κ3) is 3.39. The van der Waals surface area contributed by atoms with E-state index >= 15 is 0 Å². The molecule has 6 heteroatoms. The molecule has 120 valence electrons. The molecule has 2 amide bonds. The summed E-state index contributed by atoms with van der Waals surface area (Å²) < 4.78 is 0. The Hall–Kier alpha value is -3.25. The lowest BCUT2D eigenvalue weighted by atomic mass is 10.1. The molecule has 0 aliphatic rings. The molecule has 0 fully saturated rings. The van der Waals surface area contributed by atoms with E-state index < -0.39 is 5.91 Å². The summed E-state index contributed by atoms with van der Waals surface area (Å²) >= 11 is 0. The van der Waals surface area contributed by atoms with Crippen molar-refractivity contribution in [2.24, 2.45) is 0 Å². The first-order valence-corrected chi connectivity index (χ1v) is 7.35. The van der Waals surface area contributed by atoms with Crippen LogP contribution >= 0.6 is 0 Å². The van der Waals surface area contributed by atoms with Gasteiger partial charge in [0.1, 0.15) is 5.69 Å². The molecule has 0 saturated heterocycles. The van der Waals surface area contributed by atoms with Gasteiger partial charge in [0.25, 0.3) is 11.8 Å². The zero-order valence-corrected chi connectivity index (χ0v) is 12.7. The van der Waals surface area contributed by atoms with Gasteiger partial charge < -0.3 is 5.32 Å². The van der Waals surface area contributed by atoms with E-state index in [4.69, 9.17) is 5.21 Å². The summed E-state index contributed by atoms with van der Waals surface area (Å²) in [6.07, 6.45) is 0. The quantitative estimate of drug-likeness (QED) is 0.508. The summed E-state index contributed by atoms with van der Waals surface area (Å²) in [6.45, 7) is 0.314. The lowest BCUT2D eigenvalue weighted by Gasteiger charge is -2.06. The van der Waals surface area contributed by atoms with Crippen LogP contribution in [0.3, 0.4) is 0 Å². The summed E-state index contributed by atoms with van der Waals surface area (Å²) in [7, 11) is 0. The second-order valence-electron chi connectivity index (χ2n) is 5.21. The highest BCUT2D eigenvalue weighted by atomic mass is 16.5. The summed E-state index contributed by atoms with van der Waals surface area (Å²) in [5, 5.41) is 12.3. The van der Waals surface area contributed by atoms with E-state index in [2.05, 4.69) is 10.3 Å². The monoisotopic (exact) mass is 321 g/mol. The molecule has 0 aliphatic heterocycles. The van der Waals surface area contributed by atoms with Gasteiger partial charge in [-0.3, -0.25) is 14.8 Å². The molecule has 6 nitrogen and oxygen atoms in total. The third-order valence-corrected chi connectivity index (χ3v) is 3.60. The van der Waals surface area contributed by atoms with E-state index in [-0.39, 0.29) is 5.91 Å². The Morgan fingerprint density at radius 3 is 2.42 bits per heavy atom. The Bertz CT molecular complexity index is 891. The fourth-order valence-electron chi connectivity index (χ4n) is 2.30. The normalized spacial score (nSPS) is 10.4. The van der Waals surface area contributed by atoms with Crippen molar-refractivity contribution in [3.8, 4) is 0 Å². The van der Waals surface area contributed by atoms with Crippen LogP contribution in [0.4, 0.5) is 0 Å². The number of nitrogens with zero attached hydrogens (tertiary/aromatic N) is 1. The van der Waals surface area contributed by atoms with Gasteiger partial charge in [0.05, 0.1) is 5.52 Å². The molecule has 0 saturated carbocycles. The molecule has 3 aromatic rings. The Labute approximate surface area is 138 Å². The second kappa shape index (κ2) is 6.89. The van der Waals surface area contributed by atoms with Crippen LogP contribution in [-0.4, -0.2) is 22.0 Å². The minimum absolute atomic E-state index is 0.266. The number of hydroxylamine groups is 1. The molecule has 3 rings (SSSR count). The average Bonchev–Trinajstić information content (AvgIpc) is 2.65. The summed E-state index contributed by atoms with van der Waals surface area (Å²) in [5.74, 6) is -0.844. The predicted octanol–water partition coefficient (Wildman–Crippen LogP) is 2.28. The number of aromatic nitrogens is 1. The van der Waals surface area contributed by atoms with Gasteiger partial charge >= 0.3 is 0 Å². The van der Waals surface area contributed by atoms with Crippen molar-refractivity contribution in [1.82, 2.24) is 15.8 Å². The maximum absolute atomic E-state index is 12.2. The fourth-order valence-corrected chi connectivity index (χ4v) is 2.30. The van der Waals surface area contributed by atoms with Gasteiger partial charge in [-0.25, -0.2) is 10.5 Å². The van der Waals surface area contributed by atoms with Gasteiger partial charge in [0, 0.05) is 17.5 Å². The van der Waals surface area contributed by atoms with Crippen molar-refractivity contribution in [1.29, 1.82) is 0 Å². The fraction of sp³-hybridized carbons (Fsp3) is 0.0556. The van der Waals surface area contributed by atoms with E-state index in [9.17, 15) is 9.59 Å². The molecule has 1 heterocycles. The zero-order valence-electron chi connectivity index (χ0n) is 12.7. The number of hydrogen-bond donors (Lipinski definition) is 3. The van der Waals surface area contributed by atoms with Crippen LogP contribution in [-0.2, 0) is 6.54 Å². The first kappa shape index (κ1) is 15.6. The largest absolute Gasteiger partial charge is 0.347 e. The molecule has 0 aliphatic carbocycles. The molecule has 0 bridgehead atoms. The van der Waals surface area contributed by atoms with E-state index in [1.165, 1.54) is 0 Å². The van der Waals surface area contributed by atoms with Crippen LogP contribution in [0.1, 0.15) is 26.4 Å². The number of benzene rings is 2. The highest BCUT2D eigenvalue weighted by Crippen LogP contribution is 2.12. The molecule has 0 radical (unpaired) electrons. The van der Waals surface area contributed by atoms with Crippen LogP contribution in [0.25, 0.3) is 10.9 Å². The topological polar surface area (TPSA) is 91.3 Å². The maximum Gasteiger partial charge on any atom is 0.274 e. The summed E-state index contributed by atoms with van der Waals surface area (Å²) in [5.41, 5.74) is 3.86. The van der Waals surface area contributed by atoms with Gasteiger partial charge in [-0.05, 0) is 29.8 Å². The second-order valence-corrected chi connectivity index (χ2v) is 5.21. The Kier molecular flexibility index (Phi) is 4.49. The molecular weight excluding hydrogens is 306 g/mol. The number of carbonyl (C=O) groups is 2. The molecular formula is C18H15N3O3. The average molecular weight is 321 g/mol. The highest BCUT2D eigenvalue weighted by Gasteiger charge is 2.08. The van der Waals surface area contributed by atoms with E-state index in [1.807, 2.05) is 30.3 Å². The Morgan fingerprint density at radius 1 is 0.917 bits per heavy atom. The minimum atomic E-state index is -0.578. The van der Waals surface area contributed by atoms with E-state index in [0.717, 1.165) is 16.5 Å². The van der Waals surface area contributed by atoms with E-state index in [0.29, 0.717) is 17.8 Å². The number of pyridine rings is 1. The molecule has 24 heavy (non-hydrogen) atoms. The van der Waals surface area contributed by atoms with Crippen molar-refractivity contribution in [3.05, 3.63) is 77.5 Å². The summed E-state index contributed by atoms with van der Waals surface area (Å²) in [4.78, 5) is 27.8. The number of hydrogen-bond acceptors (Lipinski definition) is 4. The number of fused-ring (bicyclic) bond motifs is 1. The van der Waals surface area contributed by atoms with Gasteiger partial charge in [0.2, 0.25) is 0 Å². The first-order chi connectivity index (χ1) is 11.7. The number of amides is 2. The van der Waals surface area contributed by atoms with Gasteiger partial charge in [-0.15, -0.1) is 0 Å². The molecule has 0 atom stereocenters. The van der Waals surface area contributed by atoms with Crippen LogP contribution in [0.5, 0.6) is 0 Å². The highest BCUT2D eigenvalue weighted by molar-refractivity contribution is 5.95. The van der Waals surface area contributed by atoms with Crippen molar-refractivity contribution in [3.63, 3.8) is 0 Å². The van der Waals surface area contributed by atoms with Gasteiger partial charge in [0.15, 0.2) is 0 Å². The molecule has 2 aromatic carbocycles. The lowest BCUT2D eigenvalue weighted by Crippen LogP contribution is -2.24. The predicted molar refractivity (Wildman–Crippen MR) is 88.6 cm³/mol. The number of para-hydroxylation sites is 1. The molecule has 1 aromatic heterocycles. The van der Waals surface area contributed by atoms with Crippen LogP contribution < -0.4 is 10.8 Å². The van der Waals surface area contributed by atoms with Crippen molar-refractivity contribution < 1.29 is 14.8 Å². The van der Waals surface area contributed by atoms with Crippen LogP contribution in [0.15, 0.2) is 60.7 Å². The van der Waals surface area contributed by atoms with Crippen LogP contribution in [0, 0.1) is 0 Å². The van der Waals surface area contributed by atoms with Gasteiger partial charge in [-0.1, -0.05) is 36.4 Å². The Balaban J connectivity index is 1.67. The standard InChI is InChI=1S/C18H15N3O3/c22-17(21-24)14-7-5-12(6-8-14)11-19-18(23)16-10-9-13-3-1-2-4-15(13)20-16/h1-10,24H,11H2,(H,19,23)(H,21,22). The minimum Gasteiger partial charge on any atom is -0.347 e. The number of rotatable bonds is 4. The smallest absolute Gasteiger partial charge is 0.274 e. The summed E-state index contributed by atoms with van der Waals surface area (Å²) in [6, 6.07) is 17.7. The van der Waals surface area contributed by atoms with Crippen molar-refractivity contribution >= 4 is 22.7 Å². The number of carbonyl (C=O) groups excluding carboxylic acids is 2. The SMILES string of the molecule is O=C(NO)c1ccc(CNC(=O)c2ccc3ccccc3n2)cc1. The lowest BCUT2D eigenvalue weighted by molar-refractivity contribution is 0.0706. The van der Waals surface area contributed by atoms with E-state index in [1.54, 1.807) is 35.8 Å². The third-order valence-electron chi connectivity index (χ3n) is 3.60. The zero-order chi connectivity index (χ0) is 16.9. The maximum atomic E-state index is 12.2. The van der Waals surface area contributed by atoms with Crippen molar-refractivity contribution in [2.75, 3.05) is 0 Å². The molecule has 0 unspecified atom stereocenters. The first-order valence-electron chi connectivity index (χ1n) is 7.35. The van der Waals surface area contributed by atoms with Crippen molar-refractivity contribution in [2.45, 2.75) is 6.54 Å². The number of nitrogens with one attached hydrogen (secondary N) is 2. The molecule has 0 spiro atoms. The van der Waals surface area contributed by atoms with Crippen LogP contribution in [0.2, 0.25) is 0 Å². The molecule has 3 N–H and O–H groups in total.